The third kappa shape index (κ3) is 2.60. The Balaban J connectivity index is 1.72. The zero-order chi connectivity index (χ0) is 13.9. The van der Waals surface area contributed by atoms with E-state index in [0.29, 0.717) is 18.2 Å². The molecule has 1 amide bonds. The fraction of sp³-hybridized carbons (Fsp3) is 0.286. The second-order valence-electron chi connectivity index (χ2n) is 4.51. The van der Waals surface area contributed by atoms with Gasteiger partial charge in [-0.3, -0.25) is 4.79 Å². The van der Waals surface area contributed by atoms with Crippen molar-refractivity contribution in [2.45, 2.75) is 6.42 Å². The first-order chi connectivity index (χ1) is 9.76. The van der Waals surface area contributed by atoms with Gasteiger partial charge in [-0.25, -0.2) is 4.98 Å². The average molecular weight is 290 g/mol. The monoisotopic (exact) mass is 290 g/mol. The van der Waals surface area contributed by atoms with Gasteiger partial charge < -0.3 is 14.8 Å². The quantitative estimate of drug-likeness (QED) is 0.942. The first-order valence-corrected chi connectivity index (χ1v) is 7.14. The van der Waals surface area contributed by atoms with Gasteiger partial charge in [0, 0.05) is 11.6 Å². The standard InChI is InChI=1S/C14H14N2O3S/c1-18-11-2-3-12-9(7-11)6-10(8-19-12)13(17)16-14-15-4-5-20-14/h2-5,7,10H,6,8H2,1H3,(H,15,16,17). The lowest BCUT2D eigenvalue weighted by atomic mass is 9.96. The lowest BCUT2D eigenvalue weighted by Crippen LogP contribution is -2.32. The number of carbonyl (C=O) groups excluding carboxylic acids is 1. The van der Waals surface area contributed by atoms with Crippen LogP contribution in [0.1, 0.15) is 5.56 Å². The highest BCUT2D eigenvalue weighted by molar-refractivity contribution is 7.13. The van der Waals surface area contributed by atoms with Gasteiger partial charge in [0.25, 0.3) is 0 Å². The summed E-state index contributed by atoms with van der Waals surface area (Å²) >= 11 is 1.40. The van der Waals surface area contributed by atoms with Crippen LogP contribution in [0.3, 0.4) is 0 Å². The second-order valence-corrected chi connectivity index (χ2v) is 5.41. The highest BCUT2D eigenvalue weighted by Gasteiger charge is 2.26. The van der Waals surface area contributed by atoms with Crippen LogP contribution in [0.2, 0.25) is 0 Å². The molecule has 104 valence electrons. The second kappa shape index (κ2) is 5.50. The number of ether oxygens (including phenoxy) is 2. The Bertz CT molecular complexity index is 613. The molecule has 0 spiro atoms. The van der Waals surface area contributed by atoms with Gasteiger partial charge in [-0.05, 0) is 30.2 Å². The van der Waals surface area contributed by atoms with Crippen LogP contribution in [0.5, 0.6) is 11.5 Å². The molecule has 0 radical (unpaired) electrons. The number of methoxy groups -OCH3 is 1. The van der Waals surface area contributed by atoms with Crippen molar-refractivity contribution in [3.05, 3.63) is 35.3 Å². The van der Waals surface area contributed by atoms with Gasteiger partial charge in [-0.2, -0.15) is 0 Å². The molecule has 0 aliphatic carbocycles. The highest BCUT2D eigenvalue weighted by atomic mass is 32.1. The number of carbonyl (C=O) groups is 1. The van der Waals surface area contributed by atoms with Gasteiger partial charge >= 0.3 is 0 Å². The molecule has 1 atom stereocenters. The molecule has 1 unspecified atom stereocenters. The molecule has 20 heavy (non-hydrogen) atoms. The Hall–Kier alpha value is -2.08. The number of fused-ring (bicyclic) bond motifs is 1. The Morgan fingerprint density at radius 3 is 3.20 bits per heavy atom. The van der Waals surface area contributed by atoms with Crippen LogP contribution in [-0.2, 0) is 11.2 Å². The lowest BCUT2D eigenvalue weighted by Gasteiger charge is -2.24. The van der Waals surface area contributed by atoms with Crippen LogP contribution < -0.4 is 14.8 Å². The molecular formula is C14H14N2O3S. The van der Waals surface area contributed by atoms with Gasteiger partial charge in [0.1, 0.15) is 18.1 Å². The van der Waals surface area contributed by atoms with E-state index in [-0.39, 0.29) is 11.8 Å². The Morgan fingerprint density at radius 2 is 2.45 bits per heavy atom. The molecule has 3 rings (SSSR count). The first kappa shape index (κ1) is 12.9. The van der Waals surface area contributed by atoms with E-state index < -0.39 is 0 Å². The summed E-state index contributed by atoms with van der Waals surface area (Å²) in [5.41, 5.74) is 0.995. The number of nitrogens with zero attached hydrogens (tertiary/aromatic N) is 1. The minimum absolute atomic E-state index is 0.0616. The molecule has 1 aromatic carbocycles. The number of aromatic nitrogens is 1. The number of nitrogens with one attached hydrogen (secondary N) is 1. The van der Waals surface area contributed by atoms with E-state index in [1.165, 1.54) is 11.3 Å². The van der Waals surface area contributed by atoms with Gasteiger partial charge in [0.05, 0.1) is 13.0 Å². The minimum Gasteiger partial charge on any atom is -0.497 e. The fourth-order valence-corrected chi connectivity index (χ4v) is 2.69. The molecule has 1 aliphatic heterocycles. The Morgan fingerprint density at radius 1 is 1.55 bits per heavy atom. The zero-order valence-electron chi connectivity index (χ0n) is 11.0. The normalized spacial score (nSPS) is 16.9. The minimum atomic E-state index is -0.210. The van der Waals surface area contributed by atoms with E-state index in [4.69, 9.17) is 9.47 Å². The van der Waals surface area contributed by atoms with Crippen molar-refractivity contribution >= 4 is 22.4 Å². The van der Waals surface area contributed by atoms with Gasteiger partial charge in [0.15, 0.2) is 5.13 Å². The lowest BCUT2D eigenvalue weighted by molar-refractivity contribution is -0.121. The predicted octanol–water partition coefficient (Wildman–Crippen LogP) is 2.34. The fourth-order valence-electron chi connectivity index (χ4n) is 2.16. The molecule has 1 N–H and O–H groups in total. The maximum absolute atomic E-state index is 12.2. The molecule has 6 heteroatoms. The third-order valence-corrected chi connectivity index (χ3v) is 3.90. The first-order valence-electron chi connectivity index (χ1n) is 6.26. The highest BCUT2D eigenvalue weighted by Crippen LogP contribution is 2.31. The van der Waals surface area contributed by atoms with E-state index >= 15 is 0 Å². The van der Waals surface area contributed by atoms with Crippen LogP contribution in [0.15, 0.2) is 29.8 Å². The van der Waals surface area contributed by atoms with Crippen molar-refractivity contribution < 1.29 is 14.3 Å². The molecule has 5 nitrogen and oxygen atoms in total. The molecular weight excluding hydrogens is 276 g/mol. The van der Waals surface area contributed by atoms with E-state index in [2.05, 4.69) is 10.3 Å². The maximum Gasteiger partial charge on any atom is 0.233 e. The van der Waals surface area contributed by atoms with Crippen LogP contribution in [0, 0.1) is 5.92 Å². The van der Waals surface area contributed by atoms with Crippen LogP contribution in [0.4, 0.5) is 5.13 Å². The Labute approximate surface area is 120 Å². The largest absolute Gasteiger partial charge is 0.497 e. The molecule has 1 aliphatic rings. The van der Waals surface area contributed by atoms with Crippen LogP contribution in [0.25, 0.3) is 0 Å². The summed E-state index contributed by atoms with van der Waals surface area (Å²) in [7, 11) is 1.62. The van der Waals surface area contributed by atoms with Crippen LogP contribution >= 0.6 is 11.3 Å². The van der Waals surface area contributed by atoms with Crippen molar-refractivity contribution in [3.63, 3.8) is 0 Å². The zero-order valence-corrected chi connectivity index (χ0v) is 11.8. The Kier molecular flexibility index (Phi) is 3.56. The summed E-state index contributed by atoms with van der Waals surface area (Å²) in [4.78, 5) is 16.2. The smallest absolute Gasteiger partial charge is 0.233 e. The number of anilines is 1. The number of hydrogen-bond donors (Lipinski definition) is 1. The molecule has 0 saturated heterocycles. The van der Waals surface area contributed by atoms with Crippen molar-refractivity contribution in [1.29, 1.82) is 0 Å². The molecule has 0 bridgehead atoms. The molecule has 0 fully saturated rings. The van der Waals surface area contributed by atoms with Crippen molar-refractivity contribution in [2.75, 3.05) is 19.0 Å². The van der Waals surface area contributed by atoms with Crippen LogP contribution in [-0.4, -0.2) is 24.6 Å². The van der Waals surface area contributed by atoms with Gasteiger partial charge in [-0.15, -0.1) is 11.3 Å². The topological polar surface area (TPSA) is 60.5 Å². The van der Waals surface area contributed by atoms with Crippen molar-refractivity contribution in [3.8, 4) is 11.5 Å². The summed E-state index contributed by atoms with van der Waals surface area (Å²) < 4.78 is 10.8. The van der Waals surface area contributed by atoms with E-state index in [9.17, 15) is 4.79 Å². The summed E-state index contributed by atoms with van der Waals surface area (Å²) in [6.45, 7) is 0.385. The van der Waals surface area contributed by atoms with E-state index in [0.717, 1.165) is 17.1 Å². The molecule has 0 saturated carbocycles. The van der Waals surface area contributed by atoms with E-state index in [1.54, 1.807) is 13.3 Å². The average Bonchev–Trinajstić information content (AvgIpc) is 2.99. The van der Waals surface area contributed by atoms with Gasteiger partial charge in [-0.1, -0.05) is 0 Å². The predicted molar refractivity (Wildman–Crippen MR) is 76.4 cm³/mol. The summed E-state index contributed by atoms with van der Waals surface area (Å²) in [5.74, 6) is 1.32. The van der Waals surface area contributed by atoms with Crippen molar-refractivity contribution in [2.24, 2.45) is 5.92 Å². The molecule has 2 heterocycles. The molecule has 2 aromatic rings. The molecule has 1 aromatic heterocycles. The number of hydrogen-bond acceptors (Lipinski definition) is 5. The SMILES string of the molecule is COc1ccc2c(c1)CC(C(=O)Nc1nccs1)CO2. The summed E-state index contributed by atoms with van der Waals surface area (Å²) in [5, 5.41) is 5.25. The number of benzene rings is 1. The number of rotatable bonds is 3. The summed E-state index contributed by atoms with van der Waals surface area (Å²) in [6.07, 6.45) is 2.31. The van der Waals surface area contributed by atoms with Gasteiger partial charge in [0.2, 0.25) is 5.91 Å². The van der Waals surface area contributed by atoms with Crippen molar-refractivity contribution in [1.82, 2.24) is 4.98 Å². The number of thiazole rings is 1. The van der Waals surface area contributed by atoms with E-state index in [1.807, 2.05) is 23.6 Å². The number of amides is 1. The summed E-state index contributed by atoms with van der Waals surface area (Å²) in [6, 6.07) is 5.65. The maximum atomic E-state index is 12.2. The third-order valence-electron chi connectivity index (χ3n) is 3.21.